The SMILES string of the molecule is CCNC(=NCc1cccc(C(F)(F)F)c1)NCCCN(CC)S(C)(=O)=O. The predicted octanol–water partition coefficient (Wildman–Crippen LogP) is 2.43. The topological polar surface area (TPSA) is 73.8 Å². The Labute approximate surface area is 158 Å². The van der Waals surface area contributed by atoms with Crippen molar-refractivity contribution >= 4 is 16.0 Å². The fourth-order valence-electron chi connectivity index (χ4n) is 2.38. The van der Waals surface area contributed by atoms with Gasteiger partial charge in [-0.2, -0.15) is 13.2 Å². The van der Waals surface area contributed by atoms with Gasteiger partial charge < -0.3 is 10.6 Å². The highest BCUT2D eigenvalue weighted by Crippen LogP contribution is 2.29. The van der Waals surface area contributed by atoms with Gasteiger partial charge in [-0.15, -0.1) is 0 Å². The van der Waals surface area contributed by atoms with Crippen LogP contribution < -0.4 is 10.6 Å². The van der Waals surface area contributed by atoms with Crippen molar-refractivity contribution in [2.45, 2.75) is 33.0 Å². The van der Waals surface area contributed by atoms with Crippen LogP contribution in [0.5, 0.6) is 0 Å². The molecule has 27 heavy (non-hydrogen) atoms. The first-order valence-electron chi connectivity index (χ1n) is 8.71. The molecule has 0 aliphatic rings. The van der Waals surface area contributed by atoms with E-state index in [1.807, 2.05) is 6.92 Å². The molecule has 0 unspecified atom stereocenters. The summed E-state index contributed by atoms with van der Waals surface area (Å²) in [5.41, 5.74) is -0.246. The number of guanidine groups is 1. The summed E-state index contributed by atoms with van der Waals surface area (Å²) in [4.78, 5) is 4.29. The maximum atomic E-state index is 12.8. The predicted molar refractivity (Wildman–Crippen MR) is 101 cm³/mol. The molecule has 0 heterocycles. The van der Waals surface area contributed by atoms with Gasteiger partial charge in [0.05, 0.1) is 18.4 Å². The largest absolute Gasteiger partial charge is 0.416 e. The van der Waals surface area contributed by atoms with Crippen LogP contribution in [0.25, 0.3) is 0 Å². The van der Waals surface area contributed by atoms with E-state index in [0.29, 0.717) is 44.1 Å². The van der Waals surface area contributed by atoms with Crippen LogP contribution in [0, 0.1) is 0 Å². The molecule has 0 saturated heterocycles. The summed E-state index contributed by atoms with van der Waals surface area (Å²) in [7, 11) is -3.22. The zero-order valence-electron chi connectivity index (χ0n) is 15.8. The van der Waals surface area contributed by atoms with Gasteiger partial charge in [0, 0.05) is 26.2 Å². The second-order valence-corrected chi connectivity index (χ2v) is 7.91. The Bertz CT molecular complexity index is 721. The average molecular weight is 408 g/mol. The highest BCUT2D eigenvalue weighted by molar-refractivity contribution is 7.88. The zero-order valence-corrected chi connectivity index (χ0v) is 16.6. The Kier molecular flexibility index (Phi) is 9.04. The summed E-state index contributed by atoms with van der Waals surface area (Å²) in [5.74, 6) is 0.470. The molecule has 1 rings (SSSR count). The third-order valence-corrected chi connectivity index (χ3v) is 5.10. The van der Waals surface area contributed by atoms with Gasteiger partial charge in [0.2, 0.25) is 10.0 Å². The second kappa shape index (κ2) is 10.5. The van der Waals surface area contributed by atoms with Gasteiger partial charge in [0.25, 0.3) is 0 Å². The lowest BCUT2D eigenvalue weighted by molar-refractivity contribution is -0.137. The van der Waals surface area contributed by atoms with Crippen LogP contribution in [-0.4, -0.2) is 51.1 Å². The minimum atomic E-state index is -4.38. The van der Waals surface area contributed by atoms with E-state index in [1.54, 1.807) is 13.0 Å². The van der Waals surface area contributed by atoms with Crippen LogP contribution in [0.3, 0.4) is 0 Å². The van der Waals surface area contributed by atoms with Crippen LogP contribution in [0.4, 0.5) is 13.2 Å². The van der Waals surface area contributed by atoms with Crippen molar-refractivity contribution in [1.82, 2.24) is 14.9 Å². The van der Waals surface area contributed by atoms with Gasteiger partial charge in [-0.05, 0) is 31.0 Å². The van der Waals surface area contributed by atoms with E-state index in [9.17, 15) is 21.6 Å². The molecular weight excluding hydrogens is 381 g/mol. The van der Waals surface area contributed by atoms with E-state index in [0.717, 1.165) is 12.1 Å². The van der Waals surface area contributed by atoms with Crippen LogP contribution in [0.2, 0.25) is 0 Å². The van der Waals surface area contributed by atoms with E-state index in [1.165, 1.54) is 16.6 Å². The van der Waals surface area contributed by atoms with Crippen LogP contribution in [-0.2, 0) is 22.7 Å². The molecule has 6 nitrogen and oxygen atoms in total. The zero-order chi connectivity index (χ0) is 20.5. The first-order valence-corrected chi connectivity index (χ1v) is 10.6. The molecular formula is C17H27F3N4O2S. The second-order valence-electron chi connectivity index (χ2n) is 5.93. The molecule has 0 bridgehead atoms. The first-order chi connectivity index (χ1) is 12.6. The van der Waals surface area contributed by atoms with Crippen molar-refractivity contribution in [3.8, 4) is 0 Å². The van der Waals surface area contributed by atoms with Crippen LogP contribution in [0.1, 0.15) is 31.4 Å². The summed E-state index contributed by atoms with van der Waals surface area (Å²) in [6, 6.07) is 5.06. The van der Waals surface area contributed by atoms with E-state index in [-0.39, 0.29) is 6.54 Å². The summed E-state index contributed by atoms with van der Waals surface area (Å²) in [6.45, 7) is 5.62. The maximum absolute atomic E-state index is 12.8. The monoisotopic (exact) mass is 408 g/mol. The van der Waals surface area contributed by atoms with Gasteiger partial charge in [-0.25, -0.2) is 17.7 Å². The molecule has 154 valence electrons. The van der Waals surface area contributed by atoms with Crippen molar-refractivity contribution in [3.63, 3.8) is 0 Å². The lowest BCUT2D eigenvalue weighted by atomic mass is 10.1. The minimum absolute atomic E-state index is 0.101. The number of halogens is 3. The molecule has 10 heteroatoms. The Morgan fingerprint density at radius 2 is 1.93 bits per heavy atom. The summed E-state index contributed by atoms with van der Waals surface area (Å²) >= 11 is 0. The van der Waals surface area contributed by atoms with Crippen LogP contribution >= 0.6 is 0 Å². The lowest BCUT2D eigenvalue weighted by Gasteiger charge is -2.18. The van der Waals surface area contributed by atoms with E-state index >= 15 is 0 Å². The normalized spacial score (nSPS) is 13.1. The maximum Gasteiger partial charge on any atom is 0.416 e. The quantitative estimate of drug-likeness (QED) is 0.374. The van der Waals surface area contributed by atoms with Gasteiger partial charge in [0.15, 0.2) is 5.96 Å². The fourth-order valence-corrected chi connectivity index (χ4v) is 3.31. The molecule has 0 aromatic heterocycles. The molecule has 1 aromatic rings. The molecule has 0 fully saturated rings. The molecule has 0 aliphatic carbocycles. The highest BCUT2D eigenvalue weighted by atomic mass is 32.2. The summed E-state index contributed by atoms with van der Waals surface area (Å²) in [6.07, 6.45) is -2.63. The van der Waals surface area contributed by atoms with Crippen molar-refractivity contribution < 1.29 is 21.6 Å². The Morgan fingerprint density at radius 1 is 1.22 bits per heavy atom. The van der Waals surface area contributed by atoms with Crippen molar-refractivity contribution in [3.05, 3.63) is 35.4 Å². The number of nitrogens with one attached hydrogen (secondary N) is 2. The smallest absolute Gasteiger partial charge is 0.357 e. The third kappa shape index (κ3) is 8.61. The Balaban J connectivity index is 2.63. The number of alkyl halides is 3. The Hall–Kier alpha value is -1.81. The van der Waals surface area contributed by atoms with Gasteiger partial charge >= 0.3 is 6.18 Å². The van der Waals surface area contributed by atoms with Crippen LogP contribution in [0.15, 0.2) is 29.3 Å². The number of hydrogen-bond donors (Lipinski definition) is 2. The first kappa shape index (κ1) is 23.2. The number of sulfonamides is 1. The van der Waals surface area contributed by atoms with Crippen molar-refractivity contribution in [2.24, 2.45) is 4.99 Å². The number of nitrogens with zero attached hydrogens (tertiary/aromatic N) is 2. The molecule has 1 aromatic carbocycles. The molecule has 0 spiro atoms. The van der Waals surface area contributed by atoms with E-state index in [2.05, 4.69) is 15.6 Å². The number of benzene rings is 1. The number of aliphatic imine (C=N–C) groups is 1. The summed E-state index contributed by atoms with van der Waals surface area (Å²) < 4.78 is 62.7. The molecule has 0 saturated carbocycles. The minimum Gasteiger partial charge on any atom is -0.357 e. The fraction of sp³-hybridized carbons (Fsp3) is 0.588. The highest BCUT2D eigenvalue weighted by Gasteiger charge is 2.30. The number of hydrogen-bond acceptors (Lipinski definition) is 3. The third-order valence-electron chi connectivity index (χ3n) is 3.72. The molecule has 0 amide bonds. The molecule has 2 N–H and O–H groups in total. The average Bonchev–Trinajstić information content (AvgIpc) is 2.58. The number of rotatable bonds is 9. The standard InChI is InChI=1S/C17H27F3N4O2S/c1-4-21-16(22-10-7-11-24(5-2)27(3,25)26)23-13-14-8-6-9-15(12-14)17(18,19)20/h6,8-9,12H,4-5,7,10-11,13H2,1-3H3,(H2,21,22,23). The molecule has 0 radical (unpaired) electrons. The van der Waals surface area contributed by atoms with Crippen molar-refractivity contribution in [1.29, 1.82) is 0 Å². The van der Waals surface area contributed by atoms with Crippen molar-refractivity contribution in [2.75, 3.05) is 32.4 Å². The van der Waals surface area contributed by atoms with E-state index < -0.39 is 21.8 Å². The molecule has 0 aliphatic heterocycles. The van der Waals surface area contributed by atoms with Gasteiger partial charge in [0.1, 0.15) is 0 Å². The van der Waals surface area contributed by atoms with Gasteiger partial charge in [-0.1, -0.05) is 19.1 Å². The Morgan fingerprint density at radius 3 is 2.48 bits per heavy atom. The summed E-state index contributed by atoms with van der Waals surface area (Å²) in [5, 5.41) is 6.08. The lowest BCUT2D eigenvalue weighted by Crippen LogP contribution is -2.39. The van der Waals surface area contributed by atoms with Gasteiger partial charge in [-0.3, -0.25) is 0 Å². The molecule has 0 atom stereocenters. The van der Waals surface area contributed by atoms with E-state index in [4.69, 9.17) is 0 Å².